The van der Waals surface area contributed by atoms with Gasteiger partial charge < -0.3 is 15.0 Å². The average molecular weight is 300 g/mol. The minimum absolute atomic E-state index is 0.0615. The zero-order valence-electron chi connectivity index (χ0n) is 12.1. The molecule has 1 aromatic carbocycles. The largest absolute Gasteiger partial charge is 0.480 e. The second-order valence-electron chi connectivity index (χ2n) is 5.56. The number of aromatic nitrogens is 1. The van der Waals surface area contributed by atoms with Crippen molar-refractivity contribution in [2.75, 3.05) is 0 Å². The highest BCUT2D eigenvalue weighted by Crippen LogP contribution is 2.30. The number of benzene rings is 1. The Morgan fingerprint density at radius 2 is 2.00 bits per heavy atom. The number of carbonyl (C=O) groups excluding carboxylic acids is 1. The van der Waals surface area contributed by atoms with Gasteiger partial charge in [0.05, 0.1) is 0 Å². The van der Waals surface area contributed by atoms with Crippen molar-refractivity contribution in [2.45, 2.75) is 31.8 Å². The molecule has 1 saturated carbocycles. The Kier molecular flexibility index (Phi) is 3.44. The summed E-state index contributed by atoms with van der Waals surface area (Å²) in [5.74, 6) is -1.50. The predicted molar refractivity (Wildman–Crippen MR) is 80.9 cm³/mol. The van der Waals surface area contributed by atoms with Crippen LogP contribution in [0.1, 0.15) is 30.3 Å². The first-order valence-electron chi connectivity index (χ1n) is 7.16. The van der Waals surface area contributed by atoms with Gasteiger partial charge in [0.25, 0.3) is 11.5 Å². The van der Waals surface area contributed by atoms with Crippen molar-refractivity contribution in [2.24, 2.45) is 0 Å². The Morgan fingerprint density at radius 1 is 1.32 bits per heavy atom. The number of rotatable bonds is 4. The van der Waals surface area contributed by atoms with E-state index in [1.54, 1.807) is 30.3 Å². The van der Waals surface area contributed by atoms with Gasteiger partial charge in [-0.2, -0.15) is 0 Å². The van der Waals surface area contributed by atoms with Crippen molar-refractivity contribution in [1.82, 2.24) is 9.88 Å². The van der Waals surface area contributed by atoms with E-state index in [0.29, 0.717) is 10.8 Å². The first kappa shape index (κ1) is 14.3. The van der Waals surface area contributed by atoms with Gasteiger partial charge in [-0.05, 0) is 37.3 Å². The van der Waals surface area contributed by atoms with Crippen LogP contribution in [-0.4, -0.2) is 39.0 Å². The van der Waals surface area contributed by atoms with Crippen molar-refractivity contribution in [1.29, 1.82) is 0 Å². The fraction of sp³-hybridized carbons (Fsp3) is 0.312. The van der Waals surface area contributed by atoms with Crippen molar-refractivity contribution in [3.8, 4) is 0 Å². The van der Waals surface area contributed by atoms with Gasteiger partial charge in [0.15, 0.2) is 0 Å². The zero-order valence-corrected chi connectivity index (χ0v) is 12.1. The van der Waals surface area contributed by atoms with Crippen LogP contribution in [0.2, 0.25) is 0 Å². The molecule has 3 rings (SSSR count). The van der Waals surface area contributed by atoms with E-state index in [2.05, 4.69) is 4.98 Å². The Bertz CT molecular complexity index is 807. The number of pyridine rings is 1. The molecule has 1 heterocycles. The standard InChI is InChI=1S/C16H16N2O4/c1-9(16(21)22)18(11-6-7-11)15(20)13-8-10-4-2-3-5-12(10)14(19)17-13/h2-5,8-9,11H,6-7H2,1H3,(H,17,19)(H,21,22). The van der Waals surface area contributed by atoms with Crippen LogP contribution >= 0.6 is 0 Å². The van der Waals surface area contributed by atoms with E-state index < -0.39 is 17.9 Å². The molecule has 0 bridgehead atoms. The molecule has 1 aliphatic rings. The van der Waals surface area contributed by atoms with E-state index >= 15 is 0 Å². The van der Waals surface area contributed by atoms with E-state index in [9.17, 15) is 19.5 Å². The highest BCUT2D eigenvalue weighted by atomic mass is 16.4. The monoisotopic (exact) mass is 300 g/mol. The summed E-state index contributed by atoms with van der Waals surface area (Å²) in [6.45, 7) is 1.48. The van der Waals surface area contributed by atoms with Crippen molar-refractivity contribution < 1.29 is 14.7 Å². The number of carbonyl (C=O) groups is 2. The third-order valence-electron chi connectivity index (χ3n) is 3.93. The minimum atomic E-state index is -1.05. The van der Waals surface area contributed by atoms with E-state index in [0.717, 1.165) is 12.8 Å². The number of H-pyrrole nitrogens is 1. The Hall–Kier alpha value is -2.63. The van der Waals surface area contributed by atoms with Crippen LogP contribution < -0.4 is 5.56 Å². The molecule has 114 valence electrons. The maximum atomic E-state index is 12.7. The van der Waals surface area contributed by atoms with Crippen molar-refractivity contribution in [3.63, 3.8) is 0 Å². The molecule has 1 amide bonds. The van der Waals surface area contributed by atoms with E-state index in [4.69, 9.17) is 0 Å². The van der Waals surface area contributed by atoms with Crippen LogP contribution in [0.5, 0.6) is 0 Å². The molecule has 0 aliphatic heterocycles. The van der Waals surface area contributed by atoms with E-state index in [-0.39, 0.29) is 17.3 Å². The fourth-order valence-electron chi connectivity index (χ4n) is 2.59. The normalized spacial score (nSPS) is 15.5. The Labute approximate surface area is 126 Å². The number of nitrogens with one attached hydrogen (secondary N) is 1. The predicted octanol–water partition coefficient (Wildman–Crippen LogP) is 1.61. The molecule has 0 saturated heterocycles. The Balaban J connectivity index is 2.03. The van der Waals surface area contributed by atoms with E-state index in [1.165, 1.54) is 11.8 Å². The van der Waals surface area contributed by atoms with Crippen molar-refractivity contribution in [3.05, 3.63) is 46.4 Å². The molecule has 6 heteroatoms. The lowest BCUT2D eigenvalue weighted by atomic mass is 10.1. The summed E-state index contributed by atoms with van der Waals surface area (Å²) >= 11 is 0. The maximum absolute atomic E-state index is 12.7. The van der Waals surface area contributed by atoms with Gasteiger partial charge in [-0.3, -0.25) is 9.59 Å². The number of aliphatic carboxylic acids is 1. The molecule has 1 aromatic heterocycles. The van der Waals surface area contributed by atoms with Crippen molar-refractivity contribution >= 4 is 22.6 Å². The SMILES string of the molecule is CC(C(=O)O)N(C(=O)c1cc2ccccc2c(=O)[nH]1)C1CC1. The lowest BCUT2D eigenvalue weighted by Gasteiger charge is -2.26. The summed E-state index contributed by atoms with van der Waals surface area (Å²) in [6.07, 6.45) is 1.59. The molecule has 1 fully saturated rings. The molecule has 0 spiro atoms. The van der Waals surface area contributed by atoms with Crippen LogP contribution in [-0.2, 0) is 4.79 Å². The summed E-state index contributed by atoms with van der Waals surface area (Å²) in [4.78, 5) is 39.9. The number of amides is 1. The molecular weight excluding hydrogens is 284 g/mol. The maximum Gasteiger partial charge on any atom is 0.326 e. The third-order valence-corrected chi connectivity index (χ3v) is 3.93. The molecule has 1 aliphatic carbocycles. The molecule has 1 atom stereocenters. The molecular formula is C16H16N2O4. The average Bonchev–Trinajstić information content (AvgIpc) is 3.32. The van der Waals surface area contributed by atoms with Gasteiger partial charge in [0, 0.05) is 11.4 Å². The van der Waals surface area contributed by atoms with Gasteiger partial charge >= 0.3 is 5.97 Å². The molecule has 0 radical (unpaired) electrons. The summed E-state index contributed by atoms with van der Waals surface area (Å²) in [5.41, 5.74) is -0.219. The summed E-state index contributed by atoms with van der Waals surface area (Å²) in [7, 11) is 0. The van der Waals surface area contributed by atoms with Crippen LogP contribution in [0.15, 0.2) is 35.1 Å². The number of hydrogen-bond acceptors (Lipinski definition) is 3. The number of carboxylic acids is 1. The van der Waals surface area contributed by atoms with Gasteiger partial charge in [-0.25, -0.2) is 4.79 Å². The van der Waals surface area contributed by atoms with E-state index in [1.807, 2.05) is 0 Å². The number of aromatic amines is 1. The van der Waals surface area contributed by atoms with Crippen LogP contribution in [0.4, 0.5) is 0 Å². The minimum Gasteiger partial charge on any atom is -0.480 e. The topological polar surface area (TPSA) is 90.5 Å². The molecule has 6 nitrogen and oxygen atoms in total. The smallest absolute Gasteiger partial charge is 0.326 e. The first-order chi connectivity index (χ1) is 10.5. The second-order valence-corrected chi connectivity index (χ2v) is 5.56. The highest BCUT2D eigenvalue weighted by molar-refractivity contribution is 5.98. The molecule has 1 unspecified atom stereocenters. The number of fused-ring (bicyclic) bond motifs is 1. The quantitative estimate of drug-likeness (QED) is 0.897. The summed E-state index contributed by atoms with van der Waals surface area (Å²) in [6, 6.07) is 7.59. The number of carboxylic acid groups (broad SMARTS) is 1. The van der Waals surface area contributed by atoms with Gasteiger partial charge in [-0.15, -0.1) is 0 Å². The highest BCUT2D eigenvalue weighted by Gasteiger charge is 2.39. The van der Waals surface area contributed by atoms with Crippen LogP contribution in [0.25, 0.3) is 10.8 Å². The first-order valence-corrected chi connectivity index (χ1v) is 7.16. The summed E-state index contributed by atoms with van der Waals surface area (Å²) < 4.78 is 0. The van der Waals surface area contributed by atoms with Crippen LogP contribution in [0.3, 0.4) is 0 Å². The zero-order chi connectivity index (χ0) is 15.9. The number of hydrogen-bond donors (Lipinski definition) is 2. The Morgan fingerprint density at radius 3 is 2.64 bits per heavy atom. The summed E-state index contributed by atoms with van der Waals surface area (Å²) in [5, 5.41) is 10.3. The lowest BCUT2D eigenvalue weighted by molar-refractivity contribution is -0.141. The molecule has 2 N–H and O–H groups in total. The lowest BCUT2D eigenvalue weighted by Crippen LogP contribution is -2.45. The van der Waals surface area contributed by atoms with Gasteiger partial charge in [0.2, 0.25) is 0 Å². The number of nitrogens with zero attached hydrogens (tertiary/aromatic N) is 1. The molecule has 22 heavy (non-hydrogen) atoms. The van der Waals surface area contributed by atoms with Gasteiger partial charge in [0.1, 0.15) is 11.7 Å². The third kappa shape index (κ3) is 2.47. The van der Waals surface area contributed by atoms with Gasteiger partial charge in [-0.1, -0.05) is 18.2 Å². The fourth-order valence-corrected chi connectivity index (χ4v) is 2.59. The second kappa shape index (κ2) is 5.29. The van der Waals surface area contributed by atoms with Crippen LogP contribution in [0, 0.1) is 0 Å². The molecule has 2 aromatic rings.